The van der Waals surface area contributed by atoms with Crippen LogP contribution in [0.15, 0.2) is 59.1 Å². The molecule has 3 rings (SSSR count). The molecule has 0 aromatic heterocycles. The van der Waals surface area contributed by atoms with E-state index in [4.69, 9.17) is 4.74 Å². The maximum Gasteiger partial charge on any atom is 0.0743 e. The summed E-state index contributed by atoms with van der Waals surface area (Å²) in [7, 11) is 0. The van der Waals surface area contributed by atoms with Gasteiger partial charge in [-0.15, -0.1) is 0 Å². The van der Waals surface area contributed by atoms with Crippen molar-refractivity contribution in [2.45, 2.75) is 32.9 Å². The Balaban J connectivity index is 0.000000924. The van der Waals surface area contributed by atoms with Gasteiger partial charge in [0.15, 0.2) is 0 Å². The molecule has 0 N–H and O–H groups in total. The average molecular weight is 376 g/mol. The number of rotatable bonds is 4. The van der Waals surface area contributed by atoms with Gasteiger partial charge in [0.25, 0.3) is 0 Å². The predicted molar refractivity (Wildman–Crippen MR) is 101 cm³/mol. The Morgan fingerprint density at radius 1 is 1.00 bits per heavy atom. The van der Waals surface area contributed by atoms with E-state index in [1.165, 1.54) is 11.1 Å². The minimum Gasteiger partial charge on any atom is -0.375 e. The van der Waals surface area contributed by atoms with Crippen molar-refractivity contribution in [1.29, 1.82) is 0 Å². The highest BCUT2D eigenvalue weighted by molar-refractivity contribution is 9.10. The maximum atomic E-state index is 5.92. The van der Waals surface area contributed by atoms with Crippen LogP contribution in [0.25, 0.3) is 0 Å². The summed E-state index contributed by atoms with van der Waals surface area (Å²) in [6.45, 7) is 7.85. The third-order valence-electron chi connectivity index (χ3n) is 3.85. The first-order valence-electron chi connectivity index (χ1n) is 8.42. The fourth-order valence-corrected chi connectivity index (χ4v) is 3.04. The molecule has 1 atom stereocenters. The highest BCUT2D eigenvalue weighted by Gasteiger charge is 2.20. The molecule has 1 aliphatic heterocycles. The Labute approximate surface area is 148 Å². The second-order valence-corrected chi connectivity index (χ2v) is 6.46. The molecule has 3 heteroatoms. The van der Waals surface area contributed by atoms with Crippen LogP contribution >= 0.6 is 15.9 Å². The first-order valence-corrected chi connectivity index (χ1v) is 9.21. The molecule has 2 aromatic carbocycles. The highest BCUT2D eigenvalue weighted by atomic mass is 79.9. The van der Waals surface area contributed by atoms with Crippen LogP contribution in [0.1, 0.15) is 25.0 Å². The van der Waals surface area contributed by atoms with Crippen molar-refractivity contribution in [3.05, 3.63) is 70.2 Å². The average Bonchev–Trinajstić information content (AvgIpc) is 2.60. The van der Waals surface area contributed by atoms with Gasteiger partial charge in [-0.25, -0.2) is 0 Å². The molecule has 1 heterocycles. The molecular weight excluding hydrogens is 350 g/mol. The van der Waals surface area contributed by atoms with Crippen molar-refractivity contribution in [2.75, 3.05) is 19.7 Å². The van der Waals surface area contributed by atoms with Crippen molar-refractivity contribution in [2.24, 2.45) is 0 Å². The number of halogens is 1. The van der Waals surface area contributed by atoms with Gasteiger partial charge in [-0.3, -0.25) is 4.90 Å². The van der Waals surface area contributed by atoms with E-state index < -0.39 is 0 Å². The van der Waals surface area contributed by atoms with Crippen LogP contribution in [-0.4, -0.2) is 30.7 Å². The molecule has 0 bridgehead atoms. The van der Waals surface area contributed by atoms with Gasteiger partial charge in [0.2, 0.25) is 0 Å². The van der Waals surface area contributed by atoms with Crippen molar-refractivity contribution >= 4 is 15.9 Å². The molecule has 0 amide bonds. The first kappa shape index (κ1) is 18.2. The normalized spacial score (nSPS) is 18.1. The van der Waals surface area contributed by atoms with E-state index in [0.29, 0.717) is 6.10 Å². The van der Waals surface area contributed by atoms with Crippen molar-refractivity contribution in [1.82, 2.24) is 4.90 Å². The van der Waals surface area contributed by atoms with Crippen LogP contribution in [-0.2, 0) is 17.7 Å². The van der Waals surface area contributed by atoms with Crippen LogP contribution in [0, 0.1) is 0 Å². The number of nitrogens with zero attached hydrogens (tertiary/aromatic N) is 1. The summed E-state index contributed by atoms with van der Waals surface area (Å²) in [5.41, 5.74) is 2.71. The summed E-state index contributed by atoms with van der Waals surface area (Å²) in [6, 6.07) is 19.2. The fourth-order valence-electron chi connectivity index (χ4n) is 2.77. The van der Waals surface area contributed by atoms with Crippen molar-refractivity contribution in [3.63, 3.8) is 0 Å². The van der Waals surface area contributed by atoms with Gasteiger partial charge in [-0.2, -0.15) is 0 Å². The Morgan fingerprint density at radius 3 is 2.39 bits per heavy atom. The number of ether oxygens (including phenoxy) is 1. The number of hydrogen-bond acceptors (Lipinski definition) is 2. The van der Waals surface area contributed by atoms with Gasteiger partial charge < -0.3 is 4.74 Å². The molecule has 0 aliphatic carbocycles. The minimum atomic E-state index is 0.302. The van der Waals surface area contributed by atoms with Crippen LogP contribution in [0.2, 0.25) is 0 Å². The zero-order chi connectivity index (χ0) is 16.5. The SMILES string of the molecule is Brc1ccc(CN2CCOC(Cc3ccccc3)C2)cc1.CC. The van der Waals surface area contributed by atoms with E-state index >= 15 is 0 Å². The van der Waals surface area contributed by atoms with Crippen LogP contribution in [0.4, 0.5) is 0 Å². The topological polar surface area (TPSA) is 12.5 Å². The van der Waals surface area contributed by atoms with E-state index in [9.17, 15) is 0 Å². The molecule has 0 saturated carbocycles. The zero-order valence-electron chi connectivity index (χ0n) is 14.0. The molecule has 1 fully saturated rings. The van der Waals surface area contributed by atoms with Gasteiger partial charge in [-0.1, -0.05) is 72.2 Å². The lowest BCUT2D eigenvalue weighted by molar-refractivity contribution is -0.0304. The summed E-state index contributed by atoms with van der Waals surface area (Å²) in [4.78, 5) is 2.49. The van der Waals surface area contributed by atoms with E-state index in [1.54, 1.807) is 0 Å². The third kappa shape index (κ3) is 6.09. The number of hydrogen-bond donors (Lipinski definition) is 0. The Morgan fingerprint density at radius 2 is 1.70 bits per heavy atom. The third-order valence-corrected chi connectivity index (χ3v) is 4.38. The smallest absolute Gasteiger partial charge is 0.0743 e. The Hall–Kier alpha value is -1.16. The van der Waals surface area contributed by atoms with Crippen LogP contribution in [0.5, 0.6) is 0 Å². The lowest BCUT2D eigenvalue weighted by atomic mass is 10.1. The van der Waals surface area contributed by atoms with Gasteiger partial charge in [-0.05, 0) is 29.7 Å². The molecule has 23 heavy (non-hydrogen) atoms. The Kier molecular flexibility index (Phi) is 7.80. The highest BCUT2D eigenvalue weighted by Crippen LogP contribution is 2.16. The van der Waals surface area contributed by atoms with E-state index in [2.05, 4.69) is 75.4 Å². The predicted octanol–water partition coefficient (Wildman–Crippen LogP) is 4.92. The van der Waals surface area contributed by atoms with Gasteiger partial charge in [0.1, 0.15) is 0 Å². The van der Waals surface area contributed by atoms with Crippen LogP contribution in [0.3, 0.4) is 0 Å². The summed E-state index contributed by atoms with van der Waals surface area (Å²) in [5, 5.41) is 0. The molecule has 2 nitrogen and oxygen atoms in total. The quantitative estimate of drug-likeness (QED) is 0.751. The molecular formula is C20H26BrNO. The van der Waals surface area contributed by atoms with Gasteiger partial charge >= 0.3 is 0 Å². The fraction of sp³-hybridized carbons (Fsp3) is 0.400. The number of morpholine rings is 1. The molecule has 1 saturated heterocycles. The first-order chi connectivity index (χ1) is 11.3. The largest absolute Gasteiger partial charge is 0.375 e. The monoisotopic (exact) mass is 375 g/mol. The molecule has 0 radical (unpaired) electrons. The molecule has 1 unspecified atom stereocenters. The summed E-state index contributed by atoms with van der Waals surface area (Å²) in [5.74, 6) is 0. The lowest BCUT2D eigenvalue weighted by Gasteiger charge is -2.33. The van der Waals surface area contributed by atoms with E-state index in [-0.39, 0.29) is 0 Å². The molecule has 1 aliphatic rings. The van der Waals surface area contributed by atoms with E-state index in [0.717, 1.165) is 37.1 Å². The van der Waals surface area contributed by atoms with Gasteiger partial charge in [0.05, 0.1) is 12.7 Å². The minimum absolute atomic E-state index is 0.302. The standard InChI is InChI=1S/C18H20BrNO.C2H6/c19-17-8-6-16(7-9-17)13-20-10-11-21-18(14-20)12-15-4-2-1-3-5-15;1-2/h1-9,18H,10-14H2;1-2H3. The van der Waals surface area contributed by atoms with Crippen LogP contribution < -0.4 is 0 Å². The van der Waals surface area contributed by atoms with Crippen molar-refractivity contribution in [3.8, 4) is 0 Å². The second kappa shape index (κ2) is 9.86. The molecule has 2 aromatic rings. The zero-order valence-corrected chi connectivity index (χ0v) is 15.6. The maximum absolute atomic E-state index is 5.92. The second-order valence-electron chi connectivity index (χ2n) is 5.54. The summed E-state index contributed by atoms with van der Waals surface area (Å²) >= 11 is 3.48. The van der Waals surface area contributed by atoms with E-state index in [1.807, 2.05) is 13.8 Å². The van der Waals surface area contributed by atoms with Crippen molar-refractivity contribution < 1.29 is 4.74 Å². The molecule has 124 valence electrons. The summed E-state index contributed by atoms with van der Waals surface area (Å²) < 4.78 is 7.05. The lowest BCUT2D eigenvalue weighted by Crippen LogP contribution is -2.42. The Bertz CT molecular complexity index is 556. The number of benzene rings is 2. The van der Waals surface area contributed by atoms with Gasteiger partial charge in [0, 0.05) is 24.1 Å². The molecule has 0 spiro atoms. The summed E-state index contributed by atoms with van der Waals surface area (Å²) in [6.07, 6.45) is 1.30.